The molecular formula is C10H8ClFN2O. The summed E-state index contributed by atoms with van der Waals surface area (Å²) in [6.07, 6.45) is 1.26. The molecule has 3 nitrogen and oxygen atoms in total. The average Bonchev–Trinajstić information content (AvgIpc) is 2.70. The van der Waals surface area contributed by atoms with Crippen LogP contribution in [0, 0.1) is 5.82 Å². The van der Waals surface area contributed by atoms with Gasteiger partial charge < -0.3 is 10.2 Å². The van der Waals surface area contributed by atoms with E-state index in [1.165, 1.54) is 12.5 Å². The highest BCUT2D eigenvalue weighted by Gasteiger charge is 2.14. The van der Waals surface area contributed by atoms with E-state index in [-0.39, 0.29) is 11.6 Å². The monoisotopic (exact) mass is 226 g/mol. The minimum absolute atomic E-state index is 0.0175. The molecule has 2 N–H and O–H groups in total. The first kappa shape index (κ1) is 10.1. The molecule has 0 saturated carbocycles. The predicted molar refractivity (Wildman–Crippen MR) is 54.8 cm³/mol. The number of halogens is 2. The van der Waals surface area contributed by atoms with Crippen LogP contribution in [0.15, 0.2) is 29.0 Å². The number of nitrogens with two attached hydrogens (primary N) is 1. The van der Waals surface area contributed by atoms with Gasteiger partial charge in [0.25, 0.3) is 0 Å². The third-order valence-corrected chi connectivity index (χ3v) is 2.41. The van der Waals surface area contributed by atoms with Gasteiger partial charge in [-0.05, 0) is 12.1 Å². The van der Waals surface area contributed by atoms with Crippen molar-refractivity contribution in [2.45, 2.75) is 6.54 Å². The Balaban J connectivity index is 2.59. The summed E-state index contributed by atoms with van der Waals surface area (Å²) in [5, 5.41) is 0.0175. The zero-order chi connectivity index (χ0) is 10.8. The van der Waals surface area contributed by atoms with Crippen LogP contribution in [0.25, 0.3) is 11.3 Å². The van der Waals surface area contributed by atoms with Crippen molar-refractivity contribution in [1.29, 1.82) is 0 Å². The van der Waals surface area contributed by atoms with Crippen LogP contribution in [0.4, 0.5) is 4.39 Å². The van der Waals surface area contributed by atoms with Gasteiger partial charge in [-0.3, -0.25) is 0 Å². The van der Waals surface area contributed by atoms with Gasteiger partial charge in [-0.2, -0.15) is 0 Å². The summed E-state index contributed by atoms with van der Waals surface area (Å²) in [7, 11) is 0. The molecule has 1 aromatic carbocycles. The zero-order valence-corrected chi connectivity index (χ0v) is 8.46. The third kappa shape index (κ3) is 1.73. The molecule has 0 amide bonds. The van der Waals surface area contributed by atoms with Crippen LogP contribution in [0.2, 0.25) is 5.02 Å². The Kier molecular flexibility index (Phi) is 2.70. The van der Waals surface area contributed by atoms with Crippen molar-refractivity contribution in [3.05, 3.63) is 41.1 Å². The molecule has 2 rings (SSSR count). The normalized spacial score (nSPS) is 10.6. The van der Waals surface area contributed by atoms with Crippen LogP contribution in [0.1, 0.15) is 5.69 Å². The van der Waals surface area contributed by atoms with E-state index in [0.29, 0.717) is 17.0 Å². The minimum atomic E-state index is -0.492. The van der Waals surface area contributed by atoms with Crippen molar-refractivity contribution in [1.82, 2.24) is 4.98 Å². The van der Waals surface area contributed by atoms with E-state index in [4.69, 9.17) is 21.8 Å². The van der Waals surface area contributed by atoms with Crippen molar-refractivity contribution < 1.29 is 8.81 Å². The Hall–Kier alpha value is -1.39. The number of benzene rings is 1. The van der Waals surface area contributed by atoms with Crippen molar-refractivity contribution in [3.63, 3.8) is 0 Å². The molecule has 0 unspecified atom stereocenters. The number of hydrogen-bond acceptors (Lipinski definition) is 3. The highest BCUT2D eigenvalue weighted by atomic mass is 35.5. The van der Waals surface area contributed by atoms with E-state index in [2.05, 4.69) is 4.98 Å². The Morgan fingerprint density at radius 3 is 3.00 bits per heavy atom. The molecule has 0 bridgehead atoms. The van der Waals surface area contributed by atoms with Crippen molar-refractivity contribution in [2.24, 2.45) is 5.73 Å². The molecule has 0 atom stereocenters. The number of nitrogens with zero attached hydrogens (tertiary/aromatic N) is 1. The van der Waals surface area contributed by atoms with Gasteiger partial charge in [-0.15, -0.1) is 0 Å². The van der Waals surface area contributed by atoms with E-state index in [9.17, 15) is 4.39 Å². The molecule has 0 spiro atoms. The van der Waals surface area contributed by atoms with Crippen LogP contribution < -0.4 is 5.73 Å². The maximum absolute atomic E-state index is 13.2. The van der Waals surface area contributed by atoms with Crippen LogP contribution in [0.3, 0.4) is 0 Å². The summed E-state index contributed by atoms with van der Waals surface area (Å²) in [6.45, 7) is 0.221. The summed E-state index contributed by atoms with van der Waals surface area (Å²) in [5.41, 5.74) is 6.49. The molecule has 2 aromatic rings. The lowest BCUT2D eigenvalue weighted by Gasteiger charge is -2.02. The first-order valence-electron chi connectivity index (χ1n) is 4.31. The van der Waals surface area contributed by atoms with E-state index in [1.807, 2.05) is 0 Å². The summed E-state index contributed by atoms with van der Waals surface area (Å²) in [5.74, 6) is -0.0736. The van der Waals surface area contributed by atoms with Gasteiger partial charge >= 0.3 is 0 Å². The Morgan fingerprint density at radius 2 is 2.27 bits per heavy atom. The number of oxazole rings is 1. The fraction of sp³-hybridized carbons (Fsp3) is 0.100. The largest absolute Gasteiger partial charge is 0.443 e. The van der Waals surface area contributed by atoms with Crippen molar-refractivity contribution in [2.75, 3.05) is 0 Å². The molecular weight excluding hydrogens is 219 g/mol. The van der Waals surface area contributed by atoms with Crippen molar-refractivity contribution >= 4 is 11.6 Å². The molecule has 78 valence electrons. The lowest BCUT2D eigenvalue weighted by atomic mass is 10.1. The predicted octanol–water partition coefficient (Wildman–Crippen LogP) is 2.59. The van der Waals surface area contributed by atoms with Gasteiger partial charge in [0.15, 0.2) is 12.2 Å². The van der Waals surface area contributed by atoms with E-state index < -0.39 is 5.82 Å². The topological polar surface area (TPSA) is 52.0 Å². The molecule has 0 fully saturated rings. The molecule has 0 saturated heterocycles. The lowest BCUT2D eigenvalue weighted by Crippen LogP contribution is -1.98. The molecule has 15 heavy (non-hydrogen) atoms. The van der Waals surface area contributed by atoms with Gasteiger partial charge in [0.05, 0.1) is 5.02 Å². The smallest absolute Gasteiger partial charge is 0.181 e. The first-order valence-corrected chi connectivity index (χ1v) is 4.68. The second-order valence-electron chi connectivity index (χ2n) is 2.93. The standard InChI is InChI=1S/C10H8ClFN2O/c11-9-6(2-1-3-7(9)12)10-8(4-13)14-5-15-10/h1-3,5H,4,13H2. The van der Waals surface area contributed by atoms with Gasteiger partial charge in [-0.25, -0.2) is 9.37 Å². The fourth-order valence-electron chi connectivity index (χ4n) is 1.31. The third-order valence-electron chi connectivity index (χ3n) is 2.03. The molecule has 5 heteroatoms. The molecule has 1 aromatic heterocycles. The summed E-state index contributed by atoms with van der Waals surface area (Å²) < 4.78 is 18.3. The number of rotatable bonds is 2. The minimum Gasteiger partial charge on any atom is -0.443 e. The van der Waals surface area contributed by atoms with Gasteiger partial charge in [0.1, 0.15) is 11.5 Å². The second kappa shape index (κ2) is 4.00. The Morgan fingerprint density at radius 1 is 1.47 bits per heavy atom. The van der Waals surface area contributed by atoms with E-state index >= 15 is 0 Å². The molecule has 0 aliphatic heterocycles. The maximum Gasteiger partial charge on any atom is 0.181 e. The maximum atomic E-state index is 13.2. The average molecular weight is 227 g/mol. The number of hydrogen-bond donors (Lipinski definition) is 1. The lowest BCUT2D eigenvalue weighted by molar-refractivity contribution is 0.569. The van der Waals surface area contributed by atoms with Gasteiger partial charge in [0.2, 0.25) is 0 Å². The van der Waals surface area contributed by atoms with Crippen molar-refractivity contribution in [3.8, 4) is 11.3 Å². The SMILES string of the molecule is NCc1ncoc1-c1cccc(F)c1Cl. The molecule has 0 aliphatic carbocycles. The molecule has 0 aliphatic rings. The first-order chi connectivity index (χ1) is 7.24. The second-order valence-corrected chi connectivity index (χ2v) is 3.31. The fourth-order valence-corrected chi connectivity index (χ4v) is 1.52. The molecule has 0 radical (unpaired) electrons. The Labute approximate surface area is 90.7 Å². The van der Waals surface area contributed by atoms with E-state index in [0.717, 1.165) is 0 Å². The van der Waals surface area contributed by atoms with Gasteiger partial charge in [-0.1, -0.05) is 17.7 Å². The Bertz CT molecular complexity index is 484. The van der Waals surface area contributed by atoms with Crippen LogP contribution in [-0.4, -0.2) is 4.98 Å². The van der Waals surface area contributed by atoms with Crippen LogP contribution in [-0.2, 0) is 6.54 Å². The quantitative estimate of drug-likeness (QED) is 0.856. The van der Waals surface area contributed by atoms with E-state index in [1.54, 1.807) is 12.1 Å². The summed E-state index contributed by atoms with van der Waals surface area (Å²) in [4.78, 5) is 3.91. The van der Waals surface area contributed by atoms with Crippen LogP contribution >= 0.6 is 11.6 Å². The van der Waals surface area contributed by atoms with Gasteiger partial charge in [0, 0.05) is 12.1 Å². The summed E-state index contributed by atoms with van der Waals surface area (Å²) >= 11 is 5.81. The highest BCUT2D eigenvalue weighted by molar-refractivity contribution is 6.33. The molecule has 1 heterocycles. The highest BCUT2D eigenvalue weighted by Crippen LogP contribution is 2.31. The summed E-state index contributed by atoms with van der Waals surface area (Å²) in [6, 6.07) is 4.49. The number of aromatic nitrogens is 1. The van der Waals surface area contributed by atoms with Crippen LogP contribution in [0.5, 0.6) is 0 Å². The zero-order valence-electron chi connectivity index (χ0n) is 7.71.